The average Bonchev–Trinajstić information content (AvgIpc) is 3.48. The molecular weight excluding hydrogens is 682 g/mol. The van der Waals surface area contributed by atoms with Crippen LogP contribution in [0.1, 0.15) is 66.5 Å². The summed E-state index contributed by atoms with van der Waals surface area (Å²) in [6.07, 6.45) is -2.19. The summed E-state index contributed by atoms with van der Waals surface area (Å²) in [5, 5.41) is 14.6. The number of imide groups is 1. The van der Waals surface area contributed by atoms with Crippen LogP contribution in [-0.2, 0) is 37.0 Å². The van der Waals surface area contributed by atoms with Gasteiger partial charge in [0, 0.05) is 24.1 Å². The standard InChI is InChI=1S/C44H45N3O7/c1-28-39(25-46(3)29(2)35-18-17-32-11-7-8-12-36(32)23-35)53-43(54-41(28)33-15-13-30(26-48)14-16-33)34-19-21-37(22-20-34)47-40(49)24-38(42(47)50)45-44(51)52-27-31-9-5-4-6-10-31/h4-23,28-29,38-39,41,43,48H,24-27H2,1-3H3,(H,45,51)/t28-,29-,38?,39+,41+,43+/m1/s1. The number of hydrogen-bond acceptors (Lipinski definition) is 8. The summed E-state index contributed by atoms with van der Waals surface area (Å²) < 4.78 is 18.6. The van der Waals surface area contributed by atoms with E-state index in [1.165, 1.54) is 16.3 Å². The molecule has 10 heteroatoms. The Bertz CT molecular complexity index is 2090. The molecule has 2 N–H and O–H groups in total. The lowest BCUT2D eigenvalue weighted by Crippen LogP contribution is -2.44. The van der Waals surface area contributed by atoms with Crippen molar-refractivity contribution in [1.29, 1.82) is 0 Å². The summed E-state index contributed by atoms with van der Waals surface area (Å²) in [4.78, 5) is 42.2. The van der Waals surface area contributed by atoms with E-state index in [-0.39, 0.29) is 43.8 Å². The van der Waals surface area contributed by atoms with Crippen molar-refractivity contribution in [3.8, 4) is 0 Å². The van der Waals surface area contributed by atoms with E-state index in [0.717, 1.165) is 27.2 Å². The number of aliphatic hydroxyl groups excluding tert-OH is 1. The third-order valence-corrected chi connectivity index (χ3v) is 10.6. The van der Waals surface area contributed by atoms with Crippen molar-refractivity contribution in [3.63, 3.8) is 0 Å². The fourth-order valence-electron chi connectivity index (χ4n) is 7.20. The predicted octanol–water partition coefficient (Wildman–Crippen LogP) is 7.37. The lowest BCUT2D eigenvalue weighted by molar-refractivity contribution is -0.276. The van der Waals surface area contributed by atoms with Gasteiger partial charge in [-0.25, -0.2) is 9.69 Å². The molecule has 0 saturated carbocycles. The van der Waals surface area contributed by atoms with E-state index in [1.807, 2.05) is 60.7 Å². The van der Waals surface area contributed by atoms with E-state index in [2.05, 4.69) is 67.5 Å². The maximum absolute atomic E-state index is 13.3. The van der Waals surface area contributed by atoms with E-state index < -0.39 is 30.2 Å². The lowest BCUT2D eigenvalue weighted by atomic mass is 9.89. The van der Waals surface area contributed by atoms with Crippen LogP contribution in [0.4, 0.5) is 10.5 Å². The molecule has 6 atom stereocenters. The lowest BCUT2D eigenvalue weighted by Gasteiger charge is -2.43. The topological polar surface area (TPSA) is 118 Å². The second-order valence-corrected chi connectivity index (χ2v) is 14.2. The van der Waals surface area contributed by atoms with Crippen molar-refractivity contribution in [2.45, 2.75) is 64.1 Å². The summed E-state index contributed by atoms with van der Waals surface area (Å²) in [5.41, 5.74) is 4.94. The summed E-state index contributed by atoms with van der Waals surface area (Å²) in [7, 11) is 2.11. The number of nitrogens with zero attached hydrogens (tertiary/aromatic N) is 2. The van der Waals surface area contributed by atoms with Gasteiger partial charge in [0.05, 0.1) is 30.9 Å². The van der Waals surface area contributed by atoms with E-state index in [1.54, 1.807) is 24.3 Å². The Balaban J connectivity index is 1.06. The zero-order chi connectivity index (χ0) is 37.8. The average molecular weight is 728 g/mol. The number of amides is 3. The SMILES string of the molecule is C[C@@H]1[C@H](CN(C)[C@H](C)c2ccc3ccccc3c2)O[C@H](c2ccc(N3C(=O)CC(NC(=O)OCc4ccccc4)C3=O)cc2)O[C@@H]1c1ccc(CO)cc1. The van der Waals surface area contributed by atoms with Crippen molar-refractivity contribution < 1.29 is 33.7 Å². The van der Waals surface area contributed by atoms with Gasteiger partial charge in [0.1, 0.15) is 12.6 Å². The maximum atomic E-state index is 13.3. The number of nitrogens with one attached hydrogen (secondary N) is 1. The van der Waals surface area contributed by atoms with Gasteiger partial charge in [-0.15, -0.1) is 0 Å². The molecule has 54 heavy (non-hydrogen) atoms. The molecule has 3 amide bonds. The van der Waals surface area contributed by atoms with Crippen LogP contribution in [0.3, 0.4) is 0 Å². The Morgan fingerprint density at radius 3 is 2.28 bits per heavy atom. The molecule has 278 valence electrons. The molecule has 0 bridgehead atoms. The van der Waals surface area contributed by atoms with Crippen LogP contribution in [0, 0.1) is 5.92 Å². The molecule has 0 radical (unpaired) electrons. The highest BCUT2D eigenvalue weighted by molar-refractivity contribution is 6.22. The minimum absolute atomic E-state index is 0.0181. The number of aliphatic hydroxyl groups is 1. The fraction of sp³-hybridized carbons (Fsp3) is 0.295. The Morgan fingerprint density at radius 1 is 0.870 bits per heavy atom. The predicted molar refractivity (Wildman–Crippen MR) is 205 cm³/mol. The Labute approximate surface area is 315 Å². The normalized spacial score (nSPS) is 22.1. The number of ether oxygens (including phenoxy) is 3. The van der Waals surface area contributed by atoms with Crippen LogP contribution in [0.2, 0.25) is 0 Å². The van der Waals surface area contributed by atoms with E-state index in [0.29, 0.717) is 12.2 Å². The Hall–Kier alpha value is -5.39. The third kappa shape index (κ3) is 8.07. The zero-order valence-electron chi connectivity index (χ0n) is 30.6. The maximum Gasteiger partial charge on any atom is 0.408 e. The minimum Gasteiger partial charge on any atom is -0.445 e. The molecule has 5 aromatic rings. The number of alkyl carbamates (subject to hydrolysis) is 1. The molecular formula is C44H45N3O7. The van der Waals surface area contributed by atoms with Crippen molar-refractivity contribution in [2.24, 2.45) is 5.92 Å². The Morgan fingerprint density at radius 2 is 1.56 bits per heavy atom. The molecule has 0 spiro atoms. The molecule has 2 heterocycles. The highest BCUT2D eigenvalue weighted by Gasteiger charge is 2.42. The molecule has 5 aromatic carbocycles. The second-order valence-electron chi connectivity index (χ2n) is 14.2. The molecule has 0 aromatic heterocycles. The number of rotatable bonds is 11. The first-order valence-electron chi connectivity index (χ1n) is 18.3. The van der Waals surface area contributed by atoms with Crippen LogP contribution < -0.4 is 10.2 Å². The summed E-state index contributed by atoms with van der Waals surface area (Å²) in [6.45, 7) is 4.97. The molecule has 0 aliphatic carbocycles. The van der Waals surface area contributed by atoms with Crippen molar-refractivity contribution >= 4 is 34.4 Å². The first kappa shape index (κ1) is 36.9. The smallest absolute Gasteiger partial charge is 0.408 e. The number of benzene rings is 5. The van der Waals surface area contributed by atoms with Gasteiger partial charge >= 0.3 is 6.09 Å². The number of carbonyl (C=O) groups excluding carboxylic acids is 3. The van der Waals surface area contributed by atoms with Gasteiger partial charge in [0.15, 0.2) is 6.29 Å². The fourth-order valence-corrected chi connectivity index (χ4v) is 7.20. The third-order valence-electron chi connectivity index (χ3n) is 10.6. The molecule has 2 saturated heterocycles. The number of likely N-dealkylation sites (N-methyl/N-ethyl adjacent to an activating group) is 1. The zero-order valence-corrected chi connectivity index (χ0v) is 30.6. The molecule has 7 rings (SSSR count). The first-order valence-corrected chi connectivity index (χ1v) is 18.3. The van der Waals surface area contributed by atoms with Crippen LogP contribution >= 0.6 is 0 Å². The van der Waals surface area contributed by atoms with E-state index >= 15 is 0 Å². The van der Waals surface area contributed by atoms with Crippen molar-refractivity contribution in [2.75, 3.05) is 18.5 Å². The van der Waals surface area contributed by atoms with Gasteiger partial charge in [0.2, 0.25) is 5.91 Å². The number of hydrogen-bond donors (Lipinski definition) is 2. The summed E-state index contributed by atoms with van der Waals surface area (Å²) >= 11 is 0. The highest BCUT2D eigenvalue weighted by Crippen LogP contribution is 2.42. The quantitative estimate of drug-likeness (QED) is 0.136. The molecule has 2 aliphatic heterocycles. The summed E-state index contributed by atoms with van der Waals surface area (Å²) in [6, 6.07) is 38.0. The van der Waals surface area contributed by atoms with Gasteiger partial charge < -0.3 is 24.6 Å². The van der Waals surface area contributed by atoms with E-state index in [9.17, 15) is 19.5 Å². The molecule has 10 nitrogen and oxygen atoms in total. The first-order chi connectivity index (χ1) is 26.2. The van der Waals surface area contributed by atoms with Crippen LogP contribution in [0.25, 0.3) is 10.8 Å². The van der Waals surface area contributed by atoms with Crippen molar-refractivity contribution in [1.82, 2.24) is 10.2 Å². The van der Waals surface area contributed by atoms with Crippen LogP contribution in [-0.4, -0.2) is 53.7 Å². The highest BCUT2D eigenvalue weighted by atomic mass is 16.7. The number of anilines is 1. The van der Waals surface area contributed by atoms with Gasteiger partial charge in [0.25, 0.3) is 5.91 Å². The number of carbonyl (C=O) groups is 3. The molecule has 1 unspecified atom stereocenters. The summed E-state index contributed by atoms with van der Waals surface area (Å²) in [5.74, 6) is -0.969. The molecule has 2 aliphatic rings. The van der Waals surface area contributed by atoms with E-state index in [4.69, 9.17) is 14.2 Å². The van der Waals surface area contributed by atoms with Gasteiger partial charge in [-0.1, -0.05) is 110 Å². The minimum atomic E-state index is -1.03. The van der Waals surface area contributed by atoms with Crippen LogP contribution in [0.15, 0.2) is 121 Å². The number of fused-ring (bicyclic) bond motifs is 1. The van der Waals surface area contributed by atoms with Gasteiger partial charge in [-0.3, -0.25) is 14.5 Å². The Kier molecular flexibility index (Phi) is 11.2. The van der Waals surface area contributed by atoms with Gasteiger partial charge in [-0.05, 0) is 65.2 Å². The van der Waals surface area contributed by atoms with Crippen LogP contribution in [0.5, 0.6) is 0 Å². The largest absolute Gasteiger partial charge is 0.445 e. The van der Waals surface area contributed by atoms with Gasteiger partial charge in [-0.2, -0.15) is 0 Å². The molecule has 2 fully saturated rings. The monoisotopic (exact) mass is 727 g/mol. The van der Waals surface area contributed by atoms with Crippen molar-refractivity contribution in [3.05, 3.63) is 149 Å². The second kappa shape index (κ2) is 16.3.